The Balaban J connectivity index is 1.99. The van der Waals surface area contributed by atoms with Crippen LogP contribution in [0.15, 0.2) is 48.5 Å². The van der Waals surface area contributed by atoms with Crippen LogP contribution < -0.4 is 14.8 Å². The molecule has 2 aromatic carbocycles. The van der Waals surface area contributed by atoms with Crippen LogP contribution in [0.4, 0.5) is 9.59 Å². The highest BCUT2D eigenvalue weighted by Gasteiger charge is 2.55. The van der Waals surface area contributed by atoms with Gasteiger partial charge in [-0.3, -0.25) is 19.2 Å². The largest absolute Gasteiger partial charge is 0.513 e. The molecule has 1 heterocycles. The van der Waals surface area contributed by atoms with Crippen molar-refractivity contribution in [3.8, 4) is 11.5 Å². The second-order valence-corrected chi connectivity index (χ2v) is 7.72. The fourth-order valence-electron chi connectivity index (χ4n) is 4.03. The minimum atomic E-state index is -1.65. The Bertz CT molecular complexity index is 1130. The van der Waals surface area contributed by atoms with Crippen molar-refractivity contribution >= 4 is 36.1 Å². The molecular weight excluding hydrogens is 494 g/mol. The zero-order valence-corrected chi connectivity index (χ0v) is 19.4. The standard InChI is InChI=1S/C24H20NO12/c1-34-23(32)36-13-7-3-11(4-8-13)15(21(28)29)17-18(20(27)25-19(17)26)16(22(30)31)12-5-9-14(10-6-12)37-24(33)35-2/h3-10,15-18H,1-2H3,(H,28,29)(H,30,31). The molecule has 37 heavy (non-hydrogen) atoms. The minimum absolute atomic E-state index is 0.0208. The van der Waals surface area contributed by atoms with Crippen molar-refractivity contribution in [2.45, 2.75) is 11.8 Å². The normalized spacial score (nSPS) is 18.2. The number of carbonyl (C=O) groups is 6. The molecule has 0 spiro atoms. The van der Waals surface area contributed by atoms with E-state index in [0.29, 0.717) is 0 Å². The number of nitrogens with zero attached hydrogens (tertiary/aromatic N) is 1. The van der Waals surface area contributed by atoms with Crippen molar-refractivity contribution in [2.24, 2.45) is 11.8 Å². The Hall–Kier alpha value is -4.94. The summed E-state index contributed by atoms with van der Waals surface area (Å²) in [4.78, 5) is 72.6. The lowest BCUT2D eigenvalue weighted by molar-refractivity contribution is -0.147. The number of carboxylic acid groups (broad SMARTS) is 2. The van der Waals surface area contributed by atoms with Gasteiger partial charge in [0, 0.05) is 0 Å². The summed E-state index contributed by atoms with van der Waals surface area (Å²) in [5.41, 5.74) is 0.0906. The Morgan fingerprint density at radius 3 is 1.27 bits per heavy atom. The highest BCUT2D eigenvalue weighted by Crippen LogP contribution is 2.43. The van der Waals surface area contributed by atoms with Gasteiger partial charge in [0.2, 0.25) is 0 Å². The molecule has 0 bridgehead atoms. The third kappa shape index (κ3) is 5.83. The van der Waals surface area contributed by atoms with E-state index in [1.165, 1.54) is 48.5 Å². The van der Waals surface area contributed by atoms with E-state index in [0.717, 1.165) is 14.2 Å². The topological polar surface area (TPSA) is 194 Å². The van der Waals surface area contributed by atoms with Crippen LogP contribution in [0.1, 0.15) is 23.0 Å². The molecule has 0 saturated carbocycles. The van der Waals surface area contributed by atoms with Crippen molar-refractivity contribution in [1.29, 1.82) is 0 Å². The molecule has 1 aliphatic rings. The van der Waals surface area contributed by atoms with Gasteiger partial charge in [0.1, 0.15) is 11.5 Å². The van der Waals surface area contributed by atoms with Crippen LogP contribution in [0.3, 0.4) is 0 Å². The number of methoxy groups -OCH3 is 2. The monoisotopic (exact) mass is 514 g/mol. The zero-order valence-electron chi connectivity index (χ0n) is 19.4. The summed E-state index contributed by atoms with van der Waals surface area (Å²) < 4.78 is 18.4. The molecule has 2 N–H and O–H groups in total. The number of carboxylic acids is 2. The maximum absolute atomic E-state index is 12.7. The first-order valence-corrected chi connectivity index (χ1v) is 10.5. The Morgan fingerprint density at radius 1 is 0.676 bits per heavy atom. The van der Waals surface area contributed by atoms with E-state index in [1.807, 2.05) is 0 Å². The second kappa shape index (κ2) is 11.2. The van der Waals surface area contributed by atoms with Crippen LogP contribution in [0.25, 0.3) is 0 Å². The summed E-state index contributed by atoms with van der Waals surface area (Å²) in [7, 11) is 2.20. The first-order chi connectivity index (χ1) is 17.6. The number of ether oxygens (including phenoxy) is 4. The molecule has 4 unspecified atom stereocenters. The first-order valence-electron chi connectivity index (χ1n) is 10.5. The van der Waals surface area contributed by atoms with Gasteiger partial charge in [0.25, 0.3) is 11.8 Å². The summed E-state index contributed by atoms with van der Waals surface area (Å²) in [6, 6.07) is 10.1. The highest BCUT2D eigenvalue weighted by molar-refractivity contribution is 6.09. The fraction of sp³-hybridized carbons (Fsp3) is 0.250. The SMILES string of the molecule is COC(=O)Oc1ccc(C(C(=O)O)C2C(=O)[N]C(=O)C2C(C(=O)O)c2ccc(OC(=O)OC)cc2)cc1. The van der Waals surface area contributed by atoms with Gasteiger partial charge in [0.15, 0.2) is 0 Å². The van der Waals surface area contributed by atoms with Crippen molar-refractivity contribution in [3.63, 3.8) is 0 Å². The molecule has 1 fully saturated rings. The minimum Gasteiger partial charge on any atom is -0.481 e. The van der Waals surface area contributed by atoms with E-state index in [2.05, 4.69) is 14.8 Å². The predicted molar refractivity (Wildman–Crippen MR) is 119 cm³/mol. The molecule has 2 amide bonds. The number of imide groups is 1. The van der Waals surface area contributed by atoms with Crippen molar-refractivity contribution in [3.05, 3.63) is 59.7 Å². The van der Waals surface area contributed by atoms with Gasteiger partial charge in [-0.05, 0) is 35.4 Å². The van der Waals surface area contributed by atoms with Crippen LogP contribution in [-0.4, -0.2) is 60.5 Å². The predicted octanol–water partition coefficient (Wildman–Crippen LogP) is 1.92. The van der Waals surface area contributed by atoms with Crippen LogP contribution >= 0.6 is 0 Å². The lowest BCUT2D eigenvalue weighted by Crippen LogP contribution is -2.36. The molecule has 13 heteroatoms. The van der Waals surface area contributed by atoms with Gasteiger partial charge in [-0.15, -0.1) is 0 Å². The molecule has 1 saturated heterocycles. The Kier molecular flexibility index (Phi) is 8.07. The first kappa shape index (κ1) is 26.7. The number of amides is 2. The molecule has 3 rings (SSSR count). The third-order valence-corrected chi connectivity index (χ3v) is 5.64. The molecule has 4 atom stereocenters. The van der Waals surface area contributed by atoms with Crippen LogP contribution in [0.5, 0.6) is 11.5 Å². The average Bonchev–Trinajstić information content (AvgIpc) is 3.14. The summed E-state index contributed by atoms with van der Waals surface area (Å²) in [5, 5.41) is 23.3. The fourth-order valence-corrected chi connectivity index (χ4v) is 4.03. The average molecular weight is 514 g/mol. The summed E-state index contributed by atoms with van der Waals surface area (Å²) in [6.07, 6.45) is -2.02. The summed E-state index contributed by atoms with van der Waals surface area (Å²) in [5.74, 6) is -11.7. The second-order valence-electron chi connectivity index (χ2n) is 7.72. The van der Waals surface area contributed by atoms with Crippen LogP contribution in [-0.2, 0) is 28.7 Å². The van der Waals surface area contributed by atoms with Crippen LogP contribution in [0.2, 0.25) is 0 Å². The van der Waals surface area contributed by atoms with E-state index >= 15 is 0 Å². The molecule has 0 aliphatic carbocycles. The quantitative estimate of drug-likeness (QED) is 0.296. The Labute approximate surface area is 208 Å². The van der Waals surface area contributed by atoms with Gasteiger partial charge < -0.3 is 29.2 Å². The zero-order chi connectivity index (χ0) is 27.3. The van der Waals surface area contributed by atoms with Gasteiger partial charge in [-0.2, -0.15) is 5.32 Å². The molecule has 1 radical (unpaired) electrons. The number of hydrogen-bond donors (Lipinski definition) is 2. The highest BCUT2D eigenvalue weighted by atomic mass is 16.7. The number of rotatable bonds is 8. The maximum Gasteiger partial charge on any atom is 0.513 e. The molecular formula is C24H20NO12. The summed E-state index contributed by atoms with van der Waals surface area (Å²) in [6.45, 7) is 0. The van der Waals surface area contributed by atoms with E-state index in [-0.39, 0.29) is 22.6 Å². The van der Waals surface area contributed by atoms with Gasteiger partial charge in [-0.1, -0.05) is 24.3 Å². The summed E-state index contributed by atoms with van der Waals surface area (Å²) >= 11 is 0. The van der Waals surface area contributed by atoms with Gasteiger partial charge in [0.05, 0.1) is 37.9 Å². The van der Waals surface area contributed by atoms with E-state index < -0.39 is 59.7 Å². The van der Waals surface area contributed by atoms with E-state index in [4.69, 9.17) is 9.47 Å². The maximum atomic E-state index is 12.7. The molecule has 13 nitrogen and oxygen atoms in total. The number of carbonyl (C=O) groups excluding carboxylic acids is 4. The number of hydrogen-bond acceptors (Lipinski definition) is 10. The van der Waals surface area contributed by atoms with Crippen molar-refractivity contribution < 1.29 is 57.9 Å². The Morgan fingerprint density at radius 2 is 1.00 bits per heavy atom. The smallest absolute Gasteiger partial charge is 0.481 e. The number of aliphatic carboxylic acids is 2. The number of benzene rings is 2. The van der Waals surface area contributed by atoms with Crippen molar-refractivity contribution in [2.75, 3.05) is 14.2 Å². The lowest BCUT2D eigenvalue weighted by Gasteiger charge is -2.26. The third-order valence-electron chi connectivity index (χ3n) is 5.64. The van der Waals surface area contributed by atoms with Crippen molar-refractivity contribution in [1.82, 2.24) is 5.32 Å². The van der Waals surface area contributed by atoms with Gasteiger partial charge >= 0.3 is 24.2 Å². The molecule has 0 aromatic heterocycles. The lowest BCUT2D eigenvalue weighted by atomic mass is 9.72. The molecule has 193 valence electrons. The molecule has 1 aliphatic heterocycles. The molecule has 2 aromatic rings. The van der Waals surface area contributed by atoms with Gasteiger partial charge in [-0.25, -0.2) is 9.59 Å². The van der Waals surface area contributed by atoms with E-state index in [1.54, 1.807) is 0 Å². The van der Waals surface area contributed by atoms with Crippen LogP contribution in [0, 0.1) is 11.8 Å². The van der Waals surface area contributed by atoms with E-state index in [9.17, 15) is 39.0 Å².